The molecule has 0 N–H and O–H groups in total. The summed E-state index contributed by atoms with van der Waals surface area (Å²) in [5.41, 5.74) is 4.35. The molecule has 0 spiro atoms. The van der Waals surface area contributed by atoms with Crippen molar-refractivity contribution in [3.8, 4) is 0 Å². The minimum Gasteiger partial charge on any atom is -0.339 e. The Hall–Kier alpha value is -2.63. The van der Waals surface area contributed by atoms with Crippen molar-refractivity contribution in [2.75, 3.05) is 6.54 Å². The lowest BCUT2D eigenvalue weighted by molar-refractivity contribution is 0.366. The molecule has 0 saturated heterocycles. The van der Waals surface area contributed by atoms with Crippen molar-refractivity contribution in [3.63, 3.8) is 0 Å². The van der Waals surface area contributed by atoms with Gasteiger partial charge in [0.05, 0.1) is 11.4 Å². The Balaban J connectivity index is 1.86. The van der Waals surface area contributed by atoms with E-state index in [9.17, 15) is 8.42 Å². The largest absolute Gasteiger partial charge is 0.339 e. The summed E-state index contributed by atoms with van der Waals surface area (Å²) in [6.45, 7) is 11.2. The van der Waals surface area contributed by atoms with Crippen molar-refractivity contribution in [2.45, 2.75) is 30.8 Å². The molecule has 0 bridgehead atoms. The Morgan fingerprint density at radius 1 is 1.11 bits per heavy atom. The zero-order chi connectivity index (χ0) is 19.9. The fourth-order valence-corrected chi connectivity index (χ4v) is 5.51. The fraction of sp³-hybridized carbons (Fsp3) is 0.217. The number of rotatable bonds is 5. The third-order valence-electron chi connectivity index (χ3n) is 5.47. The Morgan fingerprint density at radius 3 is 2.50 bits per heavy atom. The number of allylic oxidation sites excluding steroid dienone is 1. The standard InChI is InChI=1S/C23H24N2O2S/c1-4-14-25-21-9-7-6-8-20(21)23-18(5-2)15-24(16-22(23)25)28(26,27)19-12-10-17(3)11-13-19/h4-13,18H,1-2,14-16H2,3H3/t18-/m1/s1. The highest BCUT2D eigenvalue weighted by Gasteiger charge is 2.35. The molecule has 0 saturated carbocycles. The van der Waals surface area contributed by atoms with Crippen LogP contribution in [0.4, 0.5) is 0 Å². The highest BCUT2D eigenvalue weighted by molar-refractivity contribution is 7.89. The van der Waals surface area contributed by atoms with E-state index in [2.05, 4.69) is 29.9 Å². The first kappa shape index (κ1) is 18.7. The van der Waals surface area contributed by atoms with Crippen molar-refractivity contribution in [1.29, 1.82) is 0 Å². The maximum Gasteiger partial charge on any atom is 0.243 e. The van der Waals surface area contributed by atoms with E-state index >= 15 is 0 Å². The smallest absolute Gasteiger partial charge is 0.243 e. The molecule has 1 aromatic heterocycles. The molecular formula is C23H24N2O2S. The minimum absolute atomic E-state index is 0.0556. The van der Waals surface area contributed by atoms with Crippen LogP contribution in [0.3, 0.4) is 0 Å². The van der Waals surface area contributed by atoms with Crippen LogP contribution >= 0.6 is 0 Å². The maximum absolute atomic E-state index is 13.3. The monoisotopic (exact) mass is 392 g/mol. The number of sulfonamides is 1. The van der Waals surface area contributed by atoms with Crippen LogP contribution in [0.2, 0.25) is 0 Å². The second kappa shape index (κ2) is 7.08. The molecule has 1 aliphatic rings. The molecule has 0 unspecified atom stereocenters. The van der Waals surface area contributed by atoms with Crippen LogP contribution in [0.25, 0.3) is 10.9 Å². The number of para-hydroxylation sites is 1. The number of hydrogen-bond acceptors (Lipinski definition) is 2. The number of aromatic nitrogens is 1. The first-order chi connectivity index (χ1) is 13.5. The molecule has 0 fully saturated rings. The topological polar surface area (TPSA) is 42.3 Å². The van der Waals surface area contributed by atoms with E-state index < -0.39 is 10.0 Å². The van der Waals surface area contributed by atoms with Crippen molar-refractivity contribution in [2.24, 2.45) is 0 Å². The summed E-state index contributed by atoms with van der Waals surface area (Å²) in [6, 6.07) is 15.3. The number of fused-ring (bicyclic) bond motifs is 3. The lowest BCUT2D eigenvalue weighted by atomic mass is 9.93. The Kier molecular flexibility index (Phi) is 4.73. The van der Waals surface area contributed by atoms with Gasteiger partial charge >= 0.3 is 0 Å². The molecule has 0 aliphatic carbocycles. The van der Waals surface area contributed by atoms with Crippen LogP contribution < -0.4 is 0 Å². The Morgan fingerprint density at radius 2 is 1.82 bits per heavy atom. The van der Waals surface area contributed by atoms with E-state index in [0.29, 0.717) is 24.5 Å². The van der Waals surface area contributed by atoms with Gasteiger partial charge in [0, 0.05) is 35.6 Å². The van der Waals surface area contributed by atoms with Gasteiger partial charge in [-0.1, -0.05) is 48.0 Å². The Bertz CT molecular complexity index is 1160. The molecule has 2 aromatic carbocycles. The van der Waals surface area contributed by atoms with Gasteiger partial charge in [-0.15, -0.1) is 13.2 Å². The zero-order valence-corrected chi connectivity index (χ0v) is 16.8. The minimum atomic E-state index is -3.59. The molecule has 2 heterocycles. The molecule has 1 aliphatic heterocycles. The van der Waals surface area contributed by atoms with Crippen LogP contribution in [0.15, 0.2) is 78.7 Å². The third-order valence-corrected chi connectivity index (χ3v) is 7.30. The van der Waals surface area contributed by atoms with E-state index in [1.165, 1.54) is 5.56 Å². The zero-order valence-electron chi connectivity index (χ0n) is 16.0. The number of benzene rings is 2. The first-order valence-corrected chi connectivity index (χ1v) is 10.8. The van der Waals surface area contributed by atoms with Crippen LogP contribution in [0.5, 0.6) is 0 Å². The van der Waals surface area contributed by atoms with Gasteiger partial charge in [0.25, 0.3) is 0 Å². The SMILES string of the molecule is C=CCn1c2c(c3ccccc31)[C@H](C=C)CN(S(=O)(=O)c1ccc(C)cc1)C2. The molecular weight excluding hydrogens is 368 g/mol. The van der Waals surface area contributed by atoms with Crippen molar-refractivity contribution in [1.82, 2.24) is 8.87 Å². The van der Waals surface area contributed by atoms with E-state index in [0.717, 1.165) is 22.2 Å². The molecule has 0 amide bonds. The quantitative estimate of drug-likeness (QED) is 0.595. The summed E-state index contributed by atoms with van der Waals surface area (Å²) in [5, 5.41) is 1.16. The highest BCUT2D eigenvalue weighted by atomic mass is 32.2. The average Bonchev–Trinajstić information content (AvgIpc) is 3.02. The third kappa shape index (κ3) is 2.91. The number of nitrogens with zero attached hydrogens (tertiary/aromatic N) is 2. The number of hydrogen-bond donors (Lipinski definition) is 0. The second-order valence-electron chi connectivity index (χ2n) is 7.23. The molecule has 1 atom stereocenters. The Labute approximate surface area is 166 Å². The van der Waals surface area contributed by atoms with E-state index in [1.54, 1.807) is 16.4 Å². The van der Waals surface area contributed by atoms with Gasteiger partial charge in [-0.2, -0.15) is 4.31 Å². The number of aryl methyl sites for hydroxylation is 1. The van der Waals surface area contributed by atoms with Crippen molar-refractivity contribution in [3.05, 3.63) is 90.7 Å². The van der Waals surface area contributed by atoms with Crippen LogP contribution in [-0.2, 0) is 23.1 Å². The molecule has 4 rings (SSSR count). The molecule has 144 valence electrons. The van der Waals surface area contributed by atoms with E-state index in [4.69, 9.17) is 0 Å². The van der Waals surface area contributed by atoms with Crippen molar-refractivity contribution >= 4 is 20.9 Å². The molecule has 5 heteroatoms. The van der Waals surface area contributed by atoms with Gasteiger partial charge in [-0.25, -0.2) is 8.42 Å². The average molecular weight is 393 g/mol. The summed E-state index contributed by atoms with van der Waals surface area (Å²) in [5.74, 6) is -0.0556. The fourth-order valence-electron chi connectivity index (χ4n) is 4.08. The first-order valence-electron chi connectivity index (χ1n) is 9.37. The predicted octanol–water partition coefficient (Wildman–Crippen LogP) is 4.61. The summed E-state index contributed by atoms with van der Waals surface area (Å²) < 4.78 is 30.4. The predicted molar refractivity (Wildman–Crippen MR) is 114 cm³/mol. The van der Waals surface area contributed by atoms with Gasteiger partial charge < -0.3 is 4.57 Å². The highest BCUT2D eigenvalue weighted by Crippen LogP contribution is 2.39. The maximum atomic E-state index is 13.3. The van der Waals surface area contributed by atoms with Crippen LogP contribution in [0, 0.1) is 6.92 Å². The summed E-state index contributed by atoms with van der Waals surface area (Å²) in [7, 11) is -3.59. The summed E-state index contributed by atoms with van der Waals surface area (Å²) in [6.07, 6.45) is 3.71. The van der Waals surface area contributed by atoms with Crippen LogP contribution in [-0.4, -0.2) is 23.8 Å². The molecule has 3 aromatic rings. The second-order valence-corrected chi connectivity index (χ2v) is 9.17. The van der Waals surface area contributed by atoms with Crippen LogP contribution in [0.1, 0.15) is 22.7 Å². The molecule has 28 heavy (non-hydrogen) atoms. The summed E-state index contributed by atoms with van der Waals surface area (Å²) >= 11 is 0. The van der Waals surface area contributed by atoms with Gasteiger partial charge in [-0.05, 0) is 30.7 Å². The van der Waals surface area contributed by atoms with E-state index in [-0.39, 0.29) is 5.92 Å². The van der Waals surface area contributed by atoms with Crippen molar-refractivity contribution < 1.29 is 8.42 Å². The normalized spacial score (nSPS) is 17.4. The lowest BCUT2D eigenvalue weighted by Crippen LogP contribution is -2.38. The van der Waals surface area contributed by atoms with Gasteiger partial charge in [0.1, 0.15) is 0 Å². The molecule has 4 nitrogen and oxygen atoms in total. The van der Waals surface area contributed by atoms with E-state index in [1.807, 2.05) is 43.3 Å². The summed E-state index contributed by atoms with van der Waals surface area (Å²) in [4.78, 5) is 0.329. The van der Waals surface area contributed by atoms with Gasteiger partial charge in [0.15, 0.2) is 0 Å². The van der Waals surface area contributed by atoms with Gasteiger partial charge in [0.2, 0.25) is 10.0 Å². The lowest BCUT2D eigenvalue weighted by Gasteiger charge is -2.32. The van der Waals surface area contributed by atoms with Gasteiger partial charge in [-0.3, -0.25) is 0 Å². The molecule has 0 radical (unpaired) electrons.